The number of aliphatic hydroxyl groups excluding tert-OH is 1. The molecule has 4 aliphatic heterocycles. The van der Waals surface area contributed by atoms with E-state index in [2.05, 4.69) is 80.3 Å². The van der Waals surface area contributed by atoms with Crippen LogP contribution >= 0.6 is 128 Å². The number of hydrogen-bond acceptors (Lipinski definition) is 9. The minimum Gasteiger partial charge on any atom is -0.378 e. The van der Waals surface area contributed by atoms with Crippen LogP contribution in [-0.2, 0) is 38.4 Å². The number of piperazine rings is 4. The molecule has 4 amide bonds. The molecular weight excluding hydrogens is 1890 g/mol. The lowest BCUT2D eigenvalue weighted by Crippen LogP contribution is -2.51. The van der Waals surface area contributed by atoms with Gasteiger partial charge in [-0.3, -0.25) is 19.2 Å². The Hall–Kier alpha value is -9.79. The van der Waals surface area contributed by atoms with Crippen molar-refractivity contribution in [2.45, 2.75) is 90.1 Å². The Morgan fingerprint density at radius 1 is 0.356 bits per heavy atom. The second-order valence-corrected chi connectivity index (χ2v) is 38.4. The predicted molar refractivity (Wildman–Crippen MR) is 539 cm³/mol. The summed E-state index contributed by atoms with van der Waals surface area (Å²) in [5.74, 6) is -1.53. The van der Waals surface area contributed by atoms with Crippen molar-refractivity contribution in [3.05, 3.63) is 406 Å². The molecule has 26 heteroatoms. The van der Waals surface area contributed by atoms with Crippen LogP contribution in [0.1, 0.15) is 114 Å². The third-order valence-electron chi connectivity index (χ3n) is 25.2. The predicted octanol–water partition coefficient (Wildman–Crippen LogP) is 27.0. The minimum atomic E-state index is -1.32. The van der Waals surface area contributed by atoms with Gasteiger partial charge in [0.05, 0.1) is 90.8 Å². The van der Waals surface area contributed by atoms with Gasteiger partial charge in [0, 0.05) is 125 Å². The van der Waals surface area contributed by atoms with Crippen LogP contribution in [0.4, 0.5) is 31.5 Å². The molecule has 6 atom stereocenters. The van der Waals surface area contributed by atoms with Crippen molar-refractivity contribution >= 4 is 185 Å². The Kier molecular flexibility index (Phi) is 31.7. The standard InChI is InChI=1S/C30H26Cl2N2O.C26H24Cl3FN2O.C25H22Cl3FN2O.C25H23Cl3N2O2/c1-19-8-13-27(26(32)16-19)34-15-14-33(18-28(34)20-9-11-23(31)12-10-20)30(35)25-17-22-6-2-4-21-5-3-7-24(25)29(21)22;1-16-3-10-23(21(28)13-16)32-12-11-31(15-24(32)18-5-7-19(27)8-6-18)25(33)14-20-22(30)9-4-17(2)26(20)29;1-16-5-10-23(21(28)13-16)31-12-11-30(15-24(31)17-6-8-18(26)9-7-17)25(32)14-19-20(27)3-2-4-22(19)29;1-16-6-11-22(21(28)14-16)30-13-12-29(15-23(30)17-7-9-18(26)10-8-17)25(32)24(31)19-4-2-3-5-20(19)27/h2-13,16,25,28H,14-15,17-18H2,1H3;3-10,13,24H,11-12,14-15H2,1-2H3;2-10,13,24H,11-12,14-15H2,1H3;2-11,14,23-24,31H,12-13,15H2,1H3. The van der Waals surface area contributed by atoms with Gasteiger partial charge in [0.25, 0.3) is 5.91 Å². The Morgan fingerprint density at radius 2 is 0.712 bits per heavy atom. The summed E-state index contributed by atoms with van der Waals surface area (Å²) in [5, 5.41) is 19.5. The van der Waals surface area contributed by atoms with Gasteiger partial charge >= 0.3 is 0 Å². The fraction of sp³-hybridized carbons (Fsp3) is 0.245. The van der Waals surface area contributed by atoms with E-state index in [1.54, 1.807) is 58.0 Å². The average Bonchev–Trinajstić information content (AvgIpc) is 1.63. The van der Waals surface area contributed by atoms with E-state index in [1.165, 1.54) is 34.5 Å². The third kappa shape index (κ3) is 22.4. The zero-order valence-corrected chi connectivity index (χ0v) is 81.3. The van der Waals surface area contributed by atoms with Crippen LogP contribution in [0.2, 0.25) is 55.2 Å². The smallest absolute Gasteiger partial charge is 0.256 e. The number of benzene rings is 13. The molecule has 0 saturated carbocycles. The van der Waals surface area contributed by atoms with Gasteiger partial charge in [-0.25, -0.2) is 8.78 Å². The first-order chi connectivity index (χ1) is 63.4. The molecule has 0 bridgehead atoms. The van der Waals surface area contributed by atoms with Gasteiger partial charge in [-0.05, 0) is 234 Å². The second kappa shape index (κ2) is 43.3. The van der Waals surface area contributed by atoms with E-state index in [1.807, 2.05) is 178 Å². The normalized spacial score (nSPS) is 17.4. The second-order valence-electron chi connectivity index (χ2n) is 33.9. The molecule has 13 aromatic rings. The van der Waals surface area contributed by atoms with Crippen molar-refractivity contribution in [2.75, 3.05) is 98.1 Å². The number of amides is 4. The van der Waals surface area contributed by atoms with E-state index in [0.29, 0.717) is 129 Å². The van der Waals surface area contributed by atoms with E-state index in [9.17, 15) is 33.1 Å². The monoisotopic (exact) mass is 1980 g/mol. The van der Waals surface area contributed by atoms with Crippen LogP contribution in [0.3, 0.4) is 0 Å². The Morgan fingerprint density at radius 3 is 1.12 bits per heavy atom. The Labute approximate surface area is 824 Å². The van der Waals surface area contributed by atoms with E-state index in [-0.39, 0.29) is 82.7 Å². The van der Waals surface area contributed by atoms with Crippen molar-refractivity contribution in [1.82, 2.24) is 19.6 Å². The minimum absolute atomic E-state index is 0.00950. The van der Waals surface area contributed by atoms with Crippen molar-refractivity contribution in [3.8, 4) is 0 Å². The molecule has 5 aliphatic rings. The number of nitrogens with zero attached hydrogens (tertiary/aromatic N) is 8. The summed E-state index contributed by atoms with van der Waals surface area (Å²) in [7, 11) is 0. The highest BCUT2D eigenvalue weighted by molar-refractivity contribution is 6.36. The average molecular weight is 1990 g/mol. The van der Waals surface area contributed by atoms with Crippen molar-refractivity contribution in [1.29, 1.82) is 0 Å². The van der Waals surface area contributed by atoms with Crippen LogP contribution in [0, 0.1) is 46.3 Å². The van der Waals surface area contributed by atoms with Gasteiger partial charge in [0.2, 0.25) is 17.7 Å². The lowest BCUT2D eigenvalue weighted by atomic mass is 9.96. The molecule has 4 saturated heterocycles. The first kappa shape index (κ1) is 96.8. The summed E-state index contributed by atoms with van der Waals surface area (Å²) in [4.78, 5) is 69.7. The molecule has 4 heterocycles. The molecule has 6 unspecified atom stereocenters. The van der Waals surface area contributed by atoms with Crippen LogP contribution < -0.4 is 19.6 Å². The number of aliphatic hydroxyl groups is 1. The quantitative estimate of drug-likeness (QED) is 0.107. The molecule has 13 nitrogen and oxygen atoms in total. The Bertz CT molecular complexity index is 6380. The van der Waals surface area contributed by atoms with Gasteiger partial charge < -0.3 is 44.3 Å². The third-order valence-corrected chi connectivity index (χ3v) is 28.6. The highest BCUT2D eigenvalue weighted by Crippen LogP contribution is 2.46. The zero-order chi connectivity index (χ0) is 93.5. The summed E-state index contributed by atoms with van der Waals surface area (Å²) in [6.07, 6.45) is -0.704. The maximum atomic E-state index is 14.4. The number of hydrogen-bond donors (Lipinski definition) is 1. The van der Waals surface area contributed by atoms with Crippen LogP contribution in [0.5, 0.6) is 0 Å². The van der Waals surface area contributed by atoms with Gasteiger partial charge in [-0.2, -0.15) is 0 Å². The highest BCUT2D eigenvalue weighted by Gasteiger charge is 2.41. The van der Waals surface area contributed by atoms with E-state index >= 15 is 0 Å². The van der Waals surface area contributed by atoms with Crippen LogP contribution in [0.15, 0.2) is 261 Å². The van der Waals surface area contributed by atoms with Gasteiger partial charge in [0.15, 0.2) is 6.10 Å². The van der Waals surface area contributed by atoms with E-state index in [0.717, 1.165) is 89.8 Å². The molecule has 4 fully saturated rings. The molecule has 18 rings (SSSR count). The maximum Gasteiger partial charge on any atom is 0.256 e. The first-order valence-corrected chi connectivity index (χ1v) is 47.6. The summed E-state index contributed by atoms with van der Waals surface area (Å²) in [6, 6.07) is 81.5. The van der Waals surface area contributed by atoms with E-state index < -0.39 is 17.7 Å². The molecule has 1 aliphatic carbocycles. The summed E-state index contributed by atoms with van der Waals surface area (Å²) >= 11 is 69.6. The summed E-state index contributed by atoms with van der Waals surface area (Å²) in [6.45, 7) is 16.3. The SMILES string of the molecule is Cc1ccc(N2CCN(C(=O)C(O)c3ccccc3Cl)CC2c2ccc(Cl)cc2)c(Cl)c1.Cc1ccc(N2CCN(C(=O)C3Cc4cccc5cccc3c45)CC2c2ccc(Cl)cc2)c(Cl)c1.Cc1ccc(N2CCN(C(=O)Cc3c(F)ccc(C)c3Cl)CC2c2ccc(Cl)cc2)c(Cl)c1.Cc1ccc(N2CCN(C(=O)Cc3c(F)cccc3Cl)CC2c2ccc(Cl)cc2)c(Cl)c1. The van der Waals surface area contributed by atoms with Gasteiger partial charge in [-0.1, -0.05) is 267 Å². The molecule has 680 valence electrons. The highest BCUT2D eigenvalue weighted by atomic mass is 35.5. The number of aryl methyl sites for hydroxylation is 5. The zero-order valence-electron chi connectivity index (χ0n) is 73.0. The lowest BCUT2D eigenvalue weighted by molar-refractivity contribution is -0.141. The van der Waals surface area contributed by atoms with Crippen molar-refractivity contribution in [3.63, 3.8) is 0 Å². The number of rotatable bonds is 15. The molecule has 0 aromatic heterocycles. The van der Waals surface area contributed by atoms with E-state index in [4.69, 9.17) is 128 Å². The molecule has 0 spiro atoms. The molecular formula is C106H95Cl11F2N8O5. The fourth-order valence-corrected chi connectivity index (χ4v) is 20.8. The largest absolute Gasteiger partial charge is 0.378 e. The van der Waals surface area contributed by atoms with Crippen LogP contribution in [0.25, 0.3) is 10.8 Å². The maximum absolute atomic E-state index is 14.4. The molecule has 0 radical (unpaired) electrons. The van der Waals surface area contributed by atoms with Gasteiger partial charge in [0.1, 0.15) is 11.6 Å². The lowest BCUT2D eigenvalue weighted by Gasteiger charge is -2.44. The molecule has 132 heavy (non-hydrogen) atoms. The number of anilines is 4. The van der Waals surface area contributed by atoms with Crippen molar-refractivity contribution in [2.24, 2.45) is 0 Å². The molecule has 13 aromatic carbocycles. The number of carbonyl (C=O) groups is 4. The van der Waals surface area contributed by atoms with Crippen LogP contribution in [-0.4, -0.2) is 127 Å². The first-order valence-electron chi connectivity index (χ1n) is 43.5. The van der Waals surface area contributed by atoms with Crippen molar-refractivity contribution < 1.29 is 33.1 Å². The summed E-state index contributed by atoms with van der Waals surface area (Å²) < 4.78 is 28.6. The fourth-order valence-electron chi connectivity index (χ4n) is 18.2. The Balaban J connectivity index is 0.000000135. The number of halogens is 13. The summed E-state index contributed by atoms with van der Waals surface area (Å²) in [5.41, 5.74) is 16.4. The molecule has 1 N–H and O–H groups in total. The van der Waals surface area contributed by atoms with Gasteiger partial charge in [-0.15, -0.1) is 0 Å². The number of carbonyl (C=O) groups excluding carboxylic acids is 4. The topological polar surface area (TPSA) is 114 Å².